The van der Waals surface area contributed by atoms with E-state index in [0.29, 0.717) is 6.04 Å². The first-order chi connectivity index (χ1) is 9.10. The Balaban J connectivity index is 2.01. The van der Waals surface area contributed by atoms with Crippen molar-refractivity contribution in [2.75, 3.05) is 19.7 Å². The average molecular weight is 297 g/mol. The maximum Gasteiger partial charge on any atom is 0.155 e. The summed E-state index contributed by atoms with van der Waals surface area (Å²) in [4.78, 5) is 3.87. The van der Waals surface area contributed by atoms with Gasteiger partial charge in [0, 0.05) is 6.54 Å². The van der Waals surface area contributed by atoms with Gasteiger partial charge in [0.1, 0.15) is 15.9 Å². The Labute approximate surface area is 124 Å². The van der Waals surface area contributed by atoms with E-state index in [-0.39, 0.29) is 0 Å². The van der Waals surface area contributed by atoms with Gasteiger partial charge < -0.3 is 14.5 Å². The van der Waals surface area contributed by atoms with Crippen LogP contribution in [-0.2, 0) is 6.54 Å². The number of methoxy groups -OCH3 is 1. The summed E-state index contributed by atoms with van der Waals surface area (Å²) in [5, 5.41) is 0. The van der Waals surface area contributed by atoms with E-state index in [4.69, 9.17) is 17.0 Å². The number of benzene rings is 1. The van der Waals surface area contributed by atoms with Crippen LogP contribution >= 0.6 is 24.0 Å². The Morgan fingerprint density at radius 2 is 2.05 bits per heavy atom. The van der Waals surface area contributed by atoms with Crippen LogP contribution in [0, 0.1) is 0 Å². The fraction of sp³-hybridized carbons (Fsp3) is 0.500. The SMILES string of the molecule is COc1ccc(CN2C[NH+](C(C)C)CSC2=S)cc1. The molecule has 1 aliphatic rings. The van der Waals surface area contributed by atoms with Crippen LogP contribution in [0.3, 0.4) is 0 Å². The van der Waals surface area contributed by atoms with Crippen molar-refractivity contribution in [2.24, 2.45) is 0 Å². The van der Waals surface area contributed by atoms with Gasteiger partial charge in [0.25, 0.3) is 0 Å². The van der Waals surface area contributed by atoms with Crippen molar-refractivity contribution >= 4 is 28.3 Å². The van der Waals surface area contributed by atoms with Gasteiger partial charge in [-0.2, -0.15) is 0 Å². The molecule has 1 unspecified atom stereocenters. The standard InChI is InChI=1S/C14H20N2OS2/c1-11(2)16-9-15(14(18)19-10-16)8-12-4-6-13(17-3)7-5-12/h4-7,11H,8-10H2,1-3H3/p+1. The van der Waals surface area contributed by atoms with Crippen LogP contribution < -0.4 is 9.64 Å². The molecule has 0 aliphatic carbocycles. The largest absolute Gasteiger partial charge is 0.497 e. The summed E-state index contributed by atoms with van der Waals surface area (Å²) in [6, 6.07) is 8.85. The van der Waals surface area contributed by atoms with E-state index < -0.39 is 0 Å². The van der Waals surface area contributed by atoms with E-state index in [1.165, 1.54) is 5.56 Å². The molecular weight excluding hydrogens is 276 g/mol. The molecule has 1 saturated heterocycles. The molecule has 0 aromatic heterocycles. The minimum absolute atomic E-state index is 0.633. The smallest absolute Gasteiger partial charge is 0.155 e. The first kappa shape index (κ1) is 14.6. The first-order valence-corrected chi connectivity index (χ1v) is 7.88. The van der Waals surface area contributed by atoms with Gasteiger partial charge in [0.05, 0.1) is 13.2 Å². The molecule has 1 atom stereocenters. The lowest BCUT2D eigenvalue weighted by Crippen LogP contribution is -3.17. The molecule has 0 radical (unpaired) electrons. The van der Waals surface area contributed by atoms with Gasteiger partial charge in [-0.1, -0.05) is 24.4 Å². The van der Waals surface area contributed by atoms with E-state index in [1.54, 1.807) is 23.8 Å². The maximum atomic E-state index is 5.47. The topological polar surface area (TPSA) is 16.9 Å². The monoisotopic (exact) mass is 297 g/mol. The predicted octanol–water partition coefficient (Wildman–Crippen LogP) is 1.74. The van der Waals surface area contributed by atoms with Crippen LogP contribution in [-0.4, -0.2) is 34.9 Å². The Hall–Kier alpha value is -0.780. The molecule has 1 N–H and O–H groups in total. The molecule has 1 aromatic carbocycles. The lowest BCUT2D eigenvalue weighted by molar-refractivity contribution is -0.918. The first-order valence-electron chi connectivity index (χ1n) is 6.49. The number of ether oxygens (including phenoxy) is 1. The Kier molecular flexibility index (Phi) is 5.07. The highest BCUT2D eigenvalue weighted by atomic mass is 32.2. The molecule has 104 valence electrons. The Morgan fingerprint density at radius 3 is 2.63 bits per heavy atom. The van der Waals surface area contributed by atoms with Gasteiger partial charge in [0.2, 0.25) is 0 Å². The zero-order valence-corrected chi connectivity index (χ0v) is 13.3. The van der Waals surface area contributed by atoms with E-state index in [1.807, 2.05) is 12.1 Å². The van der Waals surface area contributed by atoms with Crippen molar-refractivity contribution in [1.29, 1.82) is 0 Å². The summed E-state index contributed by atoms with van der Waals surface area (Å²) in [7, 11) is 1.69. The molecule has 1 heterocycles. The van der Waals surface area contributed by atoms with Gasteiger partial charge in [-0.05, 0) is 43.3 Å². The average Bonchev–Trinajstić information content (AvgIpc) is 2.42. The fourth-order valence-corrected chi connectivity index (χ4v) is 3.37. The molecule has 19 heavy (non-hydrogen) atoms. The van der Waals surface area contributed by atoms with Crippen LogP contribution in [0.1, 0.15) is 19.4 Å². The lowest BCUT2D eigenvalue weighted by Gasteiger charge is -2.35. The third-order valence-electron chi connectivity index (χ3n) is 3.38. The van der Waals surface area contributed by atoms with Crippen LogP contribution in [0.5, 0.6) is 5.75 Å². The second-order valence-electron chi connectivity index (χ2n) is 5.07. The minimum Gasteiger partial charge on any atom is -0.497 e. The zero-order valence-electron chi connectivity index (χ0n) is 11.7. The lowest BCUT2D eigenvalue weighted by atomic mass is 10.2. The van der Waals surface area contributed by atoms with Crippen molar-refractivity contribution in [3.63, 3.8) is 0 Å². The van der Waals surface area contributed by atoms with Gasteiger partial charge >= 0.3 is 0 Å². The number of nitrogens with zero attached hydrogens (tertiary/aromatic N) is 1. The molecule has 0 amide bonds. The summed E-state index contributed by atoms with van der Waals surface area (Å²) < 4.78 is 6.20. The van der Waals surface area contributed by atoms with Crippen LogP contribution in [0.2, 0.25) is 0 Å². The second kappa shape index (κ2) is 6.59. The third kappa shape index (κ3) is 3.84. The zero-order chi connectivity index (χ0) is 13.8. The highest BCUT2D eigenvalue weighted by molar-refractivity contribution is 8.22. The highest BCUT2D eigenvalue weighted by Gasteiger charge is 2.26. The summed E-state index contributed by atoms with van der Waals surface area (Å²) in [6.07, 6.45) is 0. The number of nitrogens with one attached hydrogen (secondary N) is 1. The van der Waals surface area contributed by atoms with Crippen molar-refractivity contribution in [3.05, 3.63) is 29.8 Å². The number of rotatable bonds is 4. The summed E-state index contributed by atoms with van der Waals surface area (Å²) >= 11 is 7.25. The van der Waals surface area contributed by atoms with Gasteiger partial charge in [-0.25, -0.2) is 0 Å². The Morgan fingerprint density at radius 1 is 1.37 bits per heavy atom. The predicted molar refractivity (Wildman–Crippen MR) is 84.6 cm³/mol. The van der Waals surface area contributed by atoms with Gasteiger partial charge in [0.15, 0.2) is 6.67 Å². The highest BCUT2D eigenvalue weighted by Crippen LogP contribution is 2.16. The van der Waals surface area contributed by atoms with E-state index in [2.05, 4.69) is 30.9 Å². The summed E-state index contributed by atoms with van der Waals surface area (Å²) in [5.74, 6) is 1.98. The van der Waals surface area contributed by atoms with E-state index in [9.17, 15) is 0 Å². The van der Waals surface area contributed by atoms with Gasteiger partial charge in [-0.15, -0.1) is 0 Å². The molecule has 0 bridgehead atoms. The number of quaternary nitrogens is 1. The molecular formula is C14H21N2OS2+. The van der Waals surface area contributed by atoms with Crippen molar-refractivity contribution in [2.45, 2.75) is 26.4 Å². The maximum absolute atomic E-state index is 5.47. The molecule has 0 spiro atoms. The number of hydrogen-bond acceptors (Lipinski definition) is 3. The van der Waals surface area contributed by atoms with E-state index >= 15 is 0 Å². The normalized spacial score (nSPS) is 19.9. The minimum atomic E-state index is 0.633. The van der Waals surface area contributed by atoms with Crippen molar-refractivity contribution < 1.29 is 9.64 Å². The third-order valence-corrected chi connectivity index (χ3v) is 5.01. The molecule has 1 fully saturated rings. The number of thiocarbonyl (C=S) groups is 1. The number of thioether (sulfide) groups is 1. The van der Waals surface area contributed by atoms with Crippen LogP contribution in [0.4, 0.5) is 0 Å². The van der Waals surface area contributed by atoms with E-state index in [0.717, 1.165) is 29.2 Å². The molecule has 1 aromatic rings. The van der Waals surface area contributed by atoms with Crippen LogP contribution in [0.15, 0.2) is 24.3 Å². The Bertz CT molecular complexity index is 434. The number of hydrogen-bond donors (Lipinski definition) is 1. The van der Waals surface area contributed by atoms with Crippen molar-refractivity contribution in [1.82, 2.24) is 4.90 Å². The molecule has 0 saturated carbocycles. The molecule has 1 aliphatic heterocycles. The molecule has 2 rings (SSSR count). The van der Waals surface area contributed by atoms with Crippen molar-refractivity contribution in [3.8, 4) is 5.75 Å². The second-order valence-corrected chi connectivity index (χ2v) is 6.68. The fourth-order valence-electron chi connectivity index (χ4n) is 2.02. The molecule has 5 heteroatoms. The molecule has 3 nitrogen and oxygen atoms in total. The van der Waals surface area contributed by atoms with Gasteiger partial charge in [-0.3, -0.25) is 0 Å². The summed E-state index contributed by atoms with van der Waals surface area (Å²) in [6.45, 7) is 6.40. The summed E-state index contributed by atoms with van der Waals surface area (Å²) in [5.41, 5.74) is 1.27. The van der Waals surface area contributed by atoms with Crippen LogP contribution in [0.25, 0.3) is 0 Å². The quantitative estimate of drug-likeness (QED) is 0.852.